The number of rotatable bonds is 3. The molecule has 0 aliphatic carbocycles. The molecule has 0 heterocycles. The van der Waals surface area contributed by atoms with Gasteiger partial charge in [-0.25, -0.2) is 0 Å². The minimum absolute atomic E-state index is 0.0198. The van der Waals surface area contributed by atoms with E-state index in [-0.39, 0.29) is 5.69 Å². The maximum absolute atomic E-state index is 11.0. The van der Waals surface area contributed by atoms with Crippen LogP contribution in [-0.4, -0.2) is 16.9 Å². The monoisotopic (exact) mass is 222 g/mol. The van der Waals surface area contributed by atoms with Crippen molar-refractivity contribution in [1.29, 1.82) is 0 Å². The number of amides is 1. The fourth-order valence-electron chi connectivity index (χ4n) is 1.36. The number of nitrogens with zero attached hydrogens (tertiary/aromatic N) is 2. The Morgan fingerprint density at radius 1 is 1.38 bits per heavy atom. The van der Waals surface area contributed by atoms with Crippen molar-refractivity contribution in [2.24, 2.45) is 0 Å². The van der Waals surface area contributed by atoms with E-state index in [1.165, 1.54) is 17.0 Å². The van der Waals surface area contributed by atoms with Crippen LogP contribution in [0.2, 0.25) is 0 Å². The number of anilines is 1. The molecule has 5 heteroatoms. The van der Waals surface area contributed by atoms with E-state index in [0.29, 0.717) is 12.1 Å². The largest absolute Gasteiger partial charge is 0.309 e. The third-order valence-corrected chi connectivity index (χ3v) is 2.15. The van der Waals surface area contributed by atoms with Crippen molar-refractivity contribution in [2.45, 2.75) is 26.3 Å². The molecule has 1 aromatic rings. The highest BCUT2D eigenvalue weighted by atomic mass is 16.6. The second-order valence-electron chi connectivity index (χ2n) is 4.42. The summed E-state index contributed by atoms with van der Waals surface area (Å²) in [5, 5.41) is 10.6. The Hall–Kier alpha value is -1.91. The smallest absolute Gasteiger partial charge is 0.271 e. The van der Waals surface area contributed by atoms with E-state index >= 15 is 0 Å². The summed E-state index contributed by atoms with van der Waals surface area (Å²) < 4.78 is 0. The van der Waals surface area contributed by atoms with E-state index in [1.54, 1.807) is 12.1 Å². The molecular weight excluding hydrogens is 208 g/mol. The van der Waals surface area contributed by atoms with Crippen molar-refractivity contribution >= 4 is 17.8 Å². The summed E-state index contributed by atoms with van der Waals surface area (Å²) in [4.78, 5) is 22.6. The Kier molecular flexibility index (Phi) is 3.27. The van der Waals surface area contributed by atoms with Crippen molar-refractivity contribution in [2.75, 3.05) is 4.90 Å². The number of non-ortho nitro benzene ring substituents is 1. The molecule has 0 aliphatic rings. The first-order chi connectivity index (χ1) is 7.36. The van der Waals surface area contributed by atoms with Gasteiger partial charge in [0.05, 0.1) is 10.6 Å². The van der Waals surface area contributed by atoms with Crippen LogP contribution in [0.4, 0.5) is 11.4 Å². The summed E-state index contributed by atoms with van der Waals surface area (Å²) in [7, 11) is 0. The number of hydrogen-bond acceptors (Lipinski definition) is 3. The first-order valence-electron chi connectivity index (χ1n) is 4.85. The normalized spacial score (nSPS) is 10.9. The zero-order chi connectivity index (χ0) is 12.3. The van der Waals surface area contributed by atoms with E-state index in [1.807, 2.05) is 20.8 Å². The SMILES string of the molecule is CC(C)(C)N(C=O)c1cccc([N+](=O)[O-])c1. The van der Waals surface area contributed by atoms with Gasteiger partial charge in [-0.3, -0.25) is 14.9 Å². The van der Waals surface area contributed by atoms with Crippen LogP contribution in [0.5, 0.6) is 0 Å². The molecule has 0 saturated carbocycles. The number of carbonyl (C=O) groups excluding carboxylic acids is 1. The van der Waals surface area contributed by atoms with Crippen LogP contribution in [0.1, 0.15) is 20.8 Å². The topological polar surface area (TPSA) is 63.5 Å². The van der Waals surface area contributed by atoms with Crippen molar-refractivity contribution in [3.8, 4) is 0 Å². The highest BCUT2D eigenvalue weighted by molar-refractivity contribution is 5.77. The standard InChI is InChI=1S/C11H14N2O3/c1-11(2,3)12(8-14)9-5-4-6-10(7-9)13(15)16/h4-8H,1-3H3. The average Bonchev–Trinajstić information content (AvgIpc) is 2.17. The molecule has 5 nitrogen and oxygen atoms in total. The van der Waals surface area contributed by atoms with Crippen LogP contribution in [0.3, 0.4) is 0 Å². The second-order valence-corrected chi connectivity index (χ2v) is 4.42. The third kappa shape index (κ3) is 2.56. The van der Waals surface area contributed by atoms with Gasteiger partial charge in [0.2, 0.25) is 6.41 Å². The fraction of sp³-hybridized carbons (Fsp3) is 0.364. The van der Waals surface area contributed by atoms with E-state index in [0.717, 1.165) is 0 Å². The number of benzene rings is 1. The lowest BCUT2D eigenvalue weighted by Crippen LogP contribution is -2.40. The van der Waals surface area contributed by atoms with E-state index in [2.05, 4.69) is 0 Å². The Morgan fingerprint density at radius 3 is 2.44 bits per heavy atom. The minimum atomic E-state index is -0.477. The summed E-state index contributed by atoms with van der Waals surface area (Å²) in [5.41, 5.74) is 0.0991. The van der Waals surface area contributed by atoms with E-state index in [9.17, 15) is 14.9 Å². The van der Waals surface area contributed by atoms with Gasteiger partial charge >= 0.3 is 0 Å². The Bertz CT molecular complexity index is 410. The molecule has 0 unspecified atom stereocenters. The Balaban J connectivity index is 3.16. The fourth-order valence-corrected chi connectivity index (χ4v) is 1.36. The van der Waals surface area contributed by atoms with Gasteiger partial charge in [-0.15, -0.1) is 0 Å². The van der Waals surface area contributed by atoms with Crippen LogP contribution in [-0.2, 0) is 4.79 Å². The first kappa shape index (κ1) is 12.2. The van der Waals surface area contributed by atoms with Crippen molar-refractivity contribution in [1.82, 2.24) is 0 Å². The zero-order valence-electron chi connectivity index (χ0n) is 9.51. The summed E-state index contributed by atoms with van der Waals surface area (Å²) in [6.07, 6.45) is 0.680. The van der Waals surface area contributed by atoms with Gasteiger partial charge in [0.1, 0.15) is 0 Å². The van der Waals surface area contributed by atoms with Crippen molar-refractivity contribution < 1.29 is 9.72 Å². The molecule has 1 rings (SSSR count). The van der Waals surface area contributed by atoms with Crippen molar-refractivity contribution in [3.05, 3.63) is 34.4 Å². The summed E-state index contributed by atoms with van der Waals surface area (Å²) in [6.45, 7) is 5.58. The molecular formula is C11H14N2O3. The summed E-state index contributed by atoms with van der Waals surface area (Å²) >= 11 is 0. The second kappa shape index (κ2) is 4.30. The van der Waals surface area contributed by atoms with Crippen LogP contribution < -0.4 is 4.90 Å². The maximum Gasteiger partial charge on any atom is 0.271 e. The average molecular weight is 222 g/mol. The number of hydrogen-bond donors (Lipinski definition) is 0. The molecule has 86 valence electrons. The predicted molar refractivity (Wildman–Crippen MR) is 61.4 cm³/mol. The van der Waals surface area contributed by atoms with E-state index in [4.69, 9.17) is 0 Å². The predicted octanol–water partition coefficient (Wildman–Crippen LogP) is 2.36. The number of nitro groups is 1. The summed E-state index contributed by atoms with van der Waals surface area (Å²) in [6, 6.07) is 6.02. The molecule has 1 aromatic carbocycles. The highest BCUT2D eigenvalue weighted by Gasteiger charge is 2.22. The van der Waals surface area contributed by atoms with E-state index < -0.39 is 10.5 Å². The van der Waals surface area contributed by atoms with Crippen LogP contribution in [0, 0.1) is 10.1 Å². The van der Waals surface area contributed by atoms with Gasteiger partial charge in [0.25, 0.3) is 5.69 Å². The van der Waals surface area contributed by atoms with Crippen molar-refractivity contribution in [3.63, 3.8) is 0 Å². The molecule has 0 aromatic heterocycles. The van der Waals surface area contributed by atoms with Gasteiger partial charge in [-0.05, 0) is 26.8 Å². The van der Waals surface area contributed by atoms with Gasteiger partial charge in [-0.2, -0.15) is 0 Å². The lowest BCUT2D eigenvalue weighted by atomic mass is 10.1. The number of nitro benzene ring substituents is 1. The molecule has 0 bridgehead atoms. The maximum atomic E-state index is 11.0. The third-order valence-electron chi connectivity index (χ3n) is 2.15. The number of carbonyl (C=O) groups is 1. The van der Waals surface area contributed by atoms with Gasteiger partial charge < -0.3 is 4.90 Å². The molecule has 0 spiro atoms. The minimum Gasteiger partial charge on any atom is -0.309 e. The lowest BCUT2D eigenvalue weighted by Gasteiger charge is -2.31. The molecule has 0 N–H and O–H groups in total. The molecule has 0 fully saturated rings. The van der Waals surface area contributed by atoms with Crippen LogP contribution >= 0.6 is 0 Å². The van der Waals surface area contributed by atoms with Crippen LogP contribution in [0.25, 0.3) is 0 Å². The molecule has 0 radical (unpaired) electrons. The van der Waals surface area contributed by atoms with Gasteiger partial charge in [0, 0.05) is 17.7 Å². The molecule has 16 heavy (non-hydrogen) atoms. The summed E-state index contributed by atoms with van der Waals surface area (Å²) in [5.74, 6) is 0. The first-order valence-corrected chi connectivity index (χ1v) is 4.85. The molecule has 1 amide bonds. The highest BCUT2D eigenvalue weighted by Crippen LogP contribution is 2.25. The quantitative estimate of drug-likeness (QED) is 0.448. The zero-order valence-corrected chi connectivity index (χ0v) is 9.51. The molecule has 0 saturated heterocycles. The van der Waals surface area contributed by atoms with Gasteiger partial charge in [0.15, 0.2) is 0 Å². The lowest BCUT2D eigenvalue weighted by molar-refractivity contribution is -0.384. The van der Waals surface area contributed by atoms with Gasteiger partial charge in [-0.1, -0.05) is 6.07 Å². The Labute approximate surface area is 93.8 Å². The molecule has 0 aliphatic heterocycles. The Morgan fingerprint density at radius 2 is 2.00 bits per heavy atom. The molecule has 0 atom stereocenters. The van der Waals surface area contributed by atoms with Crippen LogP contribution in [0.15, 0.2) is 24.3 Å².